The van der Waals surface area contributed by atoms with Gasteiger partial charge < -0.3 is 10.1 Å². The second-order valence-electron chi connectivity index (χ2n) is 6.04. The number of ether oxygens (including phenoxy) is 1. The summed E-state index contributed by atoms with van der Waals surface area (Å²) >= 11 is 0. The molecule has 1 amide bonds. The van der Waals surface area contributed by atoms with Crippen LogP contribution in [0.2, 0.25) is 0 Å². The number of anilines is 1. The molecule has 0 fully saturated rings. The molecular formula is C18H19FN2O4S. The Morgan fingerprint density at radius 1 is 1.23 bits per heavy atom. The summed E-state index contributed by atoms with van der Waals surface area (Å²) in [6, 6.07) is 12.7. The molecule has 0 radical (unpaired) electrons. The van der Waals surface area contributed by atoms with E-state index in [4.69, 9.17) is 4.74 Å². The summed E-state index contributed by atoms with van der Waals surface area (Å²) in [6.45, 7) is 0.253. The molecule has 0 spiro atoms. The highest BCUT2D eigenvalue weighted by molar-refractivity contribution is 7.92. The lowest BCUT2D eigenvalue weighted by Crippen LogP contribution is -2.50. The molecule has 1 aliphatic heterocycles. The van der Waals surface area contributed by atoms with E-state index in [1.165, 1.54) is 16.4 Å². The van der Waals surface area contributed by atoms with Crippen molar-refractivity contribution in [3.05, 3.63) is 59.9 Å². The predicted molar refractivity (Wildman–Crippen MR) is 96.2 cm³/mol. The zero-order valence-corrected chi connectivity index (χ0v) is 15.0. The fourth-order valence-corrected chi connectivity index (χ4v) is 3.66. The van der Waals surface area contributed by atoms with E-state index in [0.717, 1.165) is 11.8 Å². The molecule has 1 atom stereocenters. The van der Waals surface area contributed by atoms with E-state index in [2.05, 4.69) is 5.32 Å². The first-order valence-corrected chi connectivity index (χ1v) is 9.95. The monoisotopic (exact) mass is 378 g/mol. The van der Waals surface area contributed by atoms with Gasteiger partial charge in [-0.2, -0.15) is 0 Å². The first-order valence-electron chi connectivity index (χ1n) is 8.10. The van der Waals surface area contributed by atoms with Gasteiger partial charge in [-0.15, -0.1) is 0 Å². The van der Waals surface area contributed by atoms with E-state index in [-0.39, 0.29) is 12.4 Å². The first kappa shape index (κ1) is 18.2. The van der Waals surface area contributed by atoms with Crippen LogP contribution in [0.25, 0.3) is 0 Å². The van der Waals surface area contributed by atoms with Gasteiger partial charge in [-0.25, -0.2) is 12.8 Å². The summed E-state index contributed by atoms with van der Waals surface area (Å²) < 4.78 is 43.8. The molecule has 0 aromatic heterocycles. The number of halogens is 1. The zero-order chi connectivity index (χ0) is 18.7. The van der Waals surface area contributed by atoms with Crippen molar-refractivity contribution in [3.8, 4) is 5.75 Å². The lowest BCUT2D eigenvalue weighted by molar-refractivity contribution is -0.127. The van der Waals surface area contributed by atoms with E-state index in [9.17, 15) is 17.6 Å². The van der Waals surface area contributed by atoms with Crippen molar-refractivity contribution >= 4 is 21.6 Å². The lowest BCUT2D eigenvalue weighted by Gasteiger charge is -2.33. The molecule has 26 heavy (non-hydrogen) atoms. The number of hydrogen-bond donors (Lipinski definition) is 1. The second kappa shape index (κ2) is 7.33. The summed E-state index contributed by atoms with van der Waals surface area (Å²) in [6.07, 6.45) is 0.692. The average molecular weight is 378 g/mol. The van der Waals surface area contributed by atoms with Gasteiger partial charge in [0.15, 0.2) is 6.10 Å². The Morgan fingerprint density at radius 3 is 2.62 bits per heavy atom. The third-order valence-electron chi connectivity index (χ3n) is 4.05. The third kappa shape index (κ3) is 4.13. The Kier molecular flexibility index (Phi) is 5.13. The third-order valence-corrected chi connectivity index (χ3v) is 5.20. The molecule has 138 valence electrons. The first-order chi connectivity index (χ1) is 12.3. The van der Waals surface area contributed by atoms with Crippen LogP contribution in [0.4, 0.5) is 10.1 Å². The fourth-order valence-electron chi connectivity index (χ4n) is 2.75. The number of amides is 1. The predicted octanol–water partition coefficient (Wildman–Crippen LogP) is 1.71. The van der Waals surface area contributed by atoms with Crippen molar-refractivity contribution in [1.82, 2.24) is 5.32 Å². The van der Waals surface area contributed by atoms with Crippen LogP contribution in [0.15, 0.2) is 48.5 Å². The summed E-state index contributed by atoms with van der Waals surface area (Å²) in [7, 11) is -3.54. The Hall–Kier alpha value is -2.61. The van der Waals surface area contributed by atoms with E-state index < -0.39 is 22.0 Å². The van der Waals surface area contributed by atoms with Gasteiger partial charge in [-0.1, -0.05) is 24.3 Å². The van der Waals surface area contributed by atoms with Crippen LogP contribution in [0.3, 0.4) is 0 Å². The maximum atomic E-state index is 12.9. The molecule has 1 heterocycles. The van der Waals surface area contributed by atoms with Crippen molar-refractivity contribution in [1.29, 1.82) is 0 Å². The minimum absolute atomic E-state index is 0.0851. The molecule has 0 bridgehead atoms. The molecule has 0 aliphatic carbocycles. The van der Waals surface area contributed by atoms with Gasteiger partial charge in [0, 0.05) is 6.54 Å². The number of hydrogen-bond acceptors (Lipinski definition) is 4. The van der Waals surface area contributed by atoms with Crippen LogP contribution in [0.1, 0.15) is 5.56 Å². The van der Waals surface area contributed by atoms with Crippen molar-refractivity contribution in [2.45, 2.75) is 12.5 Å². The number of rotatable bonds is 5. The highest BCUT2D eigenvalue weighted by Gasteiger charge is 2.34. The molecule has 1 aliphatic rings. The normalized spacial score (nSPS) is 16.5. The van der Waals surface area contributed by atoms with E-state index >= 15 is 0 Å². The van der Waals surface area contributed by atoms with Gasteiger partial charge in [0.2, 0.25) is 10.0 Å². The number of carbonyl (C=O) groups excluding carboxylic acids is 1. The minimum Gasteiger partial charge on any atom is -0.476 e. The van der Waals surface area contributed by atoms with Gasteiger partial charge in [-0.3, -0.25) is 9.10 Å². The second-order valence-corrected chi connectivity index (χ2v) is 7.94. The maximum Gasteiger partial charge on any atom is 0.263 e. The summed E-state index contributed by atoms with van der Waals surface area (Å²) in [5.41, 5.74) is 1.31. The molecule has 8 heteroatoms. The highest BCUT2D eigenvalue weighted by Crippen LogP contribution is 2.34. The van der Waals surface area contributed by atoms with E-state index in [1.54, 1.807) is 36.4 Å². The van der Waals surface area contributed by atoms with Crippen LogP contribution < -0.4 is 14.4 Å². The Labute approximate surface area is 151 Å². The van der Waals surface area contributed by atoms with Crippen molar-refractivity contribution in [3.63, 3.8) is 0 Å². The van der Waals surface area contributed by atoms with Crippen LogP contribution >= 0.6 is 0 Å². The molecular weight excluding hydrogens is 359 g/mol. The summed E-state index contributed by atoms with van der Waals surface area (Å²) in [5, 5.41) is 2.74. The van der Waals surface area contributed by atoms with E-state index in [1.807, 2.05) is 0 Å². The number of benzene rings is 2. The van der Waals surface area contributed by atoms with Gasteiger partial charge in [0.25, 0.3) is 5.91 Å². The Bertz CT molecular complexity index is 900. The van der Waals surface area contributed by atoms with Crippen LogP contribution in [0.5, 0.6) is 5.75 Å². The van der Waals surface area contributed by atoms with Crippen molar-refractivity contribution in [2.24, 2.45) is 0 Å². The van der Waals surface area contributed by atoms with Crippen molar-refractivity contribution < 1.29 is 22.3 Å². The van der Waals surface area contributed by atoms with Gasteiger partial charge >= 0.3 is 0 Å². The molecule has 0 saturated carbocycles. The molecule has 1 N–H and O–H groups in total. The van der Waals surface area contributed by atoms with Crippen LogP contribution in [-0.4, -0.2) is 39.8 Å². The molecule has 2 aromatic carbocycles. The van der Waals surface area contributed by atoms with Gasteiger partial charge in [-0.05, 0) is 36.2 Å². The smallest absolute Gasteiger partial charge is 0.263 e. The number of carbonyl (C=O) groups is 1. The minimum atomic E-state index is -3.54. The number of sulfonamides is 1. The molecule has 3 rings (SSSR count). The number of fused-ring (bicyclic) bond motifs is 1. The molecule has 6 nitrogen and oxygen atoms in total. The van der Waals surface area contributed by atoms with Crippen LogP contribution in [0, 0.1) is 5.82 Å². The molecule has 0 saturated heterocycles. The summed E-state index contributed by atoms with van der Waals surface area (Å²) in [4.78, 5) is 12.4. The lowest BCUT2D eigenvalue weighted by atomic mass is 10.1. The zero-order valence-electron chi connectivity index (χ0n) is 14.2. The van der Waals surface area contributed by atoms with Gasteiger partial charge in [0.05, 0.1) is 18.5 Å². The highest BCUT2D eigenvalue weighted by atomic mass is 32.2. The van der Waals surface area contributed by atoms with Gasteiger partial charge in [0.1, 0.15) is 11.6 Å². The number of nitrogens with one attached hydrogen (secondary N) is 1. The topological polar surface area (TPSA) is 75.7 Å². The summed E-state index contributed by atoms with van der Waals surface area (Å²) in [5.74, 6) is -0.356. The quantitative estimate of drug-likeness (QED) is 0.860. The van der Waals surface area contributed by atoms with E-state index in [0.29, 0.717) is 24.4 Å². The Balaban J connectivity index is 1.65. The number of nitrogens with zero attached hydrogens (tertiary/aromatic N) is 1. The SMILES string of the molecule is CS(=O)(=O)N1CC(C(=O)NCCc2ccc(F)cc2)Oc2ccccc21. The molecule has 2 aromatic rings. The Morgan fingerprint density at radius 2 is 1.92 bits per heavy atom. The van der Waals surface area contributed by atoms with Crippen molar-refractivity contribution in [2.75, 3.05) is 23.7 Å². The maximum absolute atomic E-state index is 12.9. The largest absolute Gasteiger partial charge is 0.476 e. The molecule has 1 unspecified atom stereocenters. The fraction of sp³-hybridized carbons (Fsp3) is 0.278. The van der Waals surface area contributed by atoms with Crippen LogP contribution in [-0.2, 0) is 21.2 Å². The average Bonchev–Trinajstić information content (AvgIpc) is 2.61. The standard InChI is InChI=1S/C18H19FN2O4S/c1-26(23,24)21-12-17(25-16-5-3-2-4-15(16)21)18(22)20-11-10-13-6-8-14(19)9-7-13/h2-9,17H,10-12H2,1H3,(H,20,22). The number of para-hydroxylation sites is 2.